The first-order valence-corrected chi connectivity index (χ1v) is 7.97. The molecule has 1 atom stereocenters. The van der Waals surface area contributed by atoms with E-state index in [9.17, 15) is 4.79 Å². The fourth-order valence-electron chi connectivity index (χ4n) is 3.19. The first kappa shape index (κ1) is 14.5. The smallest absolute Gasteiger partial charge is 0.238 e. The minimum atomic E-state index is 0.0336. The Bertz CT molecular complexity index is 480. The molecule has 0 radical (unpaired) electrons. The van der Waals surface area contributed by atoms with Gasteiger partial charge in [-0.15, -0.1) is 0 Å². The molecule has 114 valence electrons. The summed E-state index contributed by atoms with van der Waals surface area (Å²) in [5.41, 5.74) is 2.52. The van der Waals surface area contributed by atoms with Crippen molar-refractivity contribution >= 4 is 5.91 Å². The van der Waals surface area contributed by atoms with Crippen LogP contribution >= 0.6 is 0 Å². The van der Waals surface area contributed by atoms with Gasteiger partial charge in [-0.2, -0.15) is 0 Å². The first-order valence-electron chi connectivity index (χ1n) is 7.97. The second-order valence-electron chi connectivity index (χ2n) is 5.98. The molecule has 3 rings (SSSR count). The molecule has 2 saturated heterocycles. The maximum absolute atomic E-state index is 12.2. The van der Waals surface area contributed by atoms with Crippen molar-refractivity contribution in [3.63, 3.8) is 0 Å². The summed E-state index contributed by atoms with van der Waals surface area (Å²) in [6.07, 6.45) is 3.20. The molecular weight excluding hydrogens is 264 g/mol. The zero-order valence-electron chi connectivity index (χ0n) is 12.7. The molecule has 0 saturated carbocycles. The standard InChI is InChI=1S/C17H24N2O2/c1-2-13-3-5-15(6-4-13)17-18-11-16(20)19(17)12-14-7-9-21-10-8-14/h3-6,14,17-18H,2,7-12H2,1H3. The zero-order chi connectivity index (χ0) is 14.7. The van der Waals surface area contributed by atoms with Crippen LogP contribution in [-0.2, 0) is 16.0 Å². The first-order chi connectivity index (χ1) is 10.3. The minimum Gasteiger partial charge on any atom is -0.381 e. The van der Waals surface area contributed by atoms with E-state index in [0.717, 1.165) is 39.0 Å². The van der Waals surface area contributed by atoms with Crippen LogP contribution in [0.5, 0.6) is 0 Å². The van der Waals surface area contributed by atoms with Gasteiger partial charge in [0.05, 0.1) is 6.54 Å². The summed E-state index contributed by atoms with van der Waals surface area (Å²) in [4.78, 5) is 14.2. The van der Waals surface area contributed by atoms with E-state index in [0.29, 0.717) is 12.5 Å². The maximum atomic E-state index is 12.2. The third kappa shape index (κ3) is 3.27. The van der Waals surface area contributed by atoms with E-state index in [4.69, 9.17) is 4.74 Å². The zero-order valence-corrected chi connectivity index (χ0v) is 12.7. The number of nitrogens with one attached hydrogen (secondary N) is 1. The molecule has 2 heterocycles. The lowest BCUT2D eigenvalue weighted by molar-refractivity contribution is -0.129. The van der Waals surface area contributed by atoms with E-state index < -0.39 is 0 Å². The van der Waals surface area contributed by atoms with E-state index >= 15 is 0 Å². The number of amides is 1. The Balaban J connectivity index is 1.71. The lowest BCUT2D eigenvalue weighted by Crippen LogP contribution is -2.36. The van der Waals surface area contributed by atoms with Crippen LogP contribution in [0.2, 0.25) is 0 Å². The number of rotatable bonds is 4. The summed E-state index contributed by atoms with van der Waals surface area (Å²) < 4.78 is 5.41. The topological polar surface area (TPSA) is 41.6 Å². The van der Waals surface area contributed by atoms with E-state index in [1.54, 1.807) is 0 Å². The largest absolute Gasteiger partial charge is 0.381 e. The van der Waals surface area contributed by atoms with Gasteiger partial charge in [-0.05, 0) is 36.3 Å². The van der Waals surface area contributed by atoms with Crippen molar-refractivity contribution in [3.8, 4) is 0 Å². The number of carbonyl (C=O) groups is 1. The van der Waals surface area contributed by atoms with Gasteiger partial charge in [0.2, 0.25) is 5.91 Å². The van der Waals surface area contributed by atoms with Crippen molar-refractivity contribution in [1.82, 2.24) is 10.2 Å². The molecular formula is C17H24N2O2. The van der Waals surface area contributed by atoms with Crippen molar-refractivity contribution in [2.45, 2.75) is 32.4 Å². The highest BCUT2D eigenvalue weighted by Crippen LogP contribution is 2.26. The quantitative estimate of drug-likeness (QED) is 0.922. The van der Waals surface area contributed by atoms with Crippen LogP contribution in [0.3, 0.4) is 0 Å². The highest BCUT2D eigenvalue weighted by molar-refractivity contribution is 5.81. The third-order valence-electron chi connectivity index (χ3n) is 4.58. The van der Waals surface area contributed by atoms with E-state index in [1.165, 1.54) is 11.1 Å². The van der Waals surface area contributed by atoms with E-state index in [1.807, 2.05) is 4.90 Å². The van der Waals surface area contributed by atoms with Crippen molar-refractivity contribution < 1.29 is 9.53 Å². The molecule has 1 unspecified atom stereocenters. The number of benzene rings is 1. The average molecular weight is 288 g/mol. The van der Waals surface area contributed by atoms with E-state index in [-0.39, 0.29) is 12.1 Å². The summed E-state index contributed by atoms with van der Waals surface area (Å²) in [7, 11) is 0. The van der Waals surface area contributed by atoms with Gasteiger partial charge in [0.15, 0.2) is 0 Å². The molecule has 2 aliphatic rings. The lowest BCUT2D eigenvalue weighted by Gasteiger charge is -2.31. The fourth-order valence-corrected chi connectivity index (χ4v) is 3.19. The van der Waals surface area contributed by atoms with Gasteiger partial charge < -0.3 is 9.64 Å². The summed E-state index contributed by atoms with van der Waals surface area (Å²) in [5.74, 6) is 0.783. The average Bonchev–Trinajstić information content (AvgIpc) is 2.90. The Morgan fingerprint density at radius 3 is 2.62 bits per heavy atom. The van der Waals surface area contributed by atoms with Crippen LogP contribution in [-0.4, -0.2) is 37.1 Å². The molecule has 0 aromatic heterocycles. The second-order valence-corrected chi connectivity index (χ2v) is 5.98. The Kier molecular flexibility index (Phi) is 4.56. The predicted octanol–water partition coefficient (Wildman–Crippen LogP) is 2.11. The van der Waals surface area contributed by atoms with Crippen LogP contribution in [0.4, 0.5) is 0 Å². The van der Waals surface area contributed by atoms with Gasteiger partial charge in [-0.3, -0.25) is 10.1 Å². The Morgan fingerprint density at radius 1 is 1.24 bits per heavy atom. The van der Waals surface area contributed by atoms with E-state index in [2.05, 4.69) is 36.5 Å². The number of ether oxygens (including phenoxy) is 1. The van der Waals surface area contributed by atoms with Gasteiger partial charge in [0.1, 0.15) is 6.17 Å². The van der Waals surface area contributed by atoms with Gasteiger partial charge in [0, 0.05) is 19.8 Å². The highest BCUT2D eigenvalue weighted by atomic mass is 16.5. The number of carbonyl (C=O) groups excluding carboxylic acids is 1. The number of nitrogens with zero attached hydrogens (tertiary/aromatic N) is 1. The minimum absolute atomic E-state index is 0.0336. The summed E-state index contributed by atoms with van der Waals surface area (Å²) in [6.45, 7) is 5.11. The van der Waals surface area contributed by atoms with Gasteiger partial charge in [-0.25, -0.2) is 0 Å². The van der Waals surface area contributed by atoms with Gasteiger partial charge in [-0.1, -0.05) is 31.2 Å². The highest BCUT2D eigenvalue weighted by Gasteiger charge is 2.33. The summed E-state index contributed by atoms with van der Waals surface area (Å²) in [5, 5.41) is 3.34. The third-order valence-corrected chi connectivity index (χ3v) is 4.58. The van der Waals surface area contributed by atoms with Crippen molar-refractivity contribution in [2.75, 3.05) is 26.3 Å². The Labute approximate surface area is 126 Å². The number of hydrogen-bond acceptors (Lipinski definition) is 3. The monoisotopic (exact) mass is 288 g/mol. The molecule has 1 aromatic rings. The molecule has 0 aliphatic carbocycles. The van der Waals surface area contributed by atoms with Crippen LogP contribution in [0.1, 0.15) is 37.1 Å². The molecule has 1 amide bonds. The van der Waals surface area contributed by atoms with Crippen molar-refractivity contribution in [3.05, 3.63) is 35.4 Å². The molecule has 2 aliphatic heterocycles. The predicted molar refractivity (Wildman–Crippen MR) is 81.8 cm³/mol. The van der Waals surface area contributed by atoms with Gasteiger partial charge >= 0.3 is 0 Å². The number of hydrogen-bond donors (Lipinski definition) is 1. The van der Waals surface area contributed by atoms with Crippen LogP contribution < -0.4 is 5.32 Å². The Morgan fingerprint density at radius 2 is 1.95 bits per heavy atom. The molecule has 2 fully saturated rings. The second kappa shape index (κ2) is 6.58. The molecule has 21 heavy (non-hydrogen) atoms. The lowest BCUT2D eigenvalue weighted by atomic mass is 9.99. The van der Waals surface area contributed by atoms with Crippen LogP contribution in [0.15, 0.2) is 24.3 Å². The molecule has 4 heteroatoms. The Hall–Kier alpha value is -1.39. The van der Waals surface area contributed by atoms with Crippen molar-refractivity contribution in [2.24, 2.45) is 5.92 Å². The normalized spacial score (nSPS) is 23.8. The maximum Gasteiger partial charge on any atom is 0.238 e. The fraction of sp³-hybridized carbons (Fsp3) is 0.588. The molecule has 1 aromatic carbocycles. The molecule has 1 N–H and O–H groups in total. The van der Waals surface area contributed by atoms with Crippen molar-refractivity contribution in [1.29, 1.82) is 0 Å². The molecule has 4 nitrogen and oxygen atoms in total. The summed E-state index contributed by atoms with van der Waals surface area (Å²) >= 11 is 0. The van der Waals surface area contributed by atoms with Crippen LogP contribution in [0.25, 0.3) is 0 Å². The van der Waals surface area contributed by atoms with Crippen LogP contribution in [0, 0.1) is 5.92 Å². The molecule has 0 spiro atoms. The summed E-state index contributed by atoms with van der Waals surface area (Å²) in [6, 6.07) is 8.61. The molecule has 0 bridgehead atoms. The SMILES string of the molecule is CCc1ccc(C2NCC(=O)N2CC2CCOCC2)cc1. The number of aryl methyl sites for hydroxylation is 1. The van der Waals surface area contributed by atoms with Gasteiger partial charge in [0.25, 0.3) is 0 Å².